The Morgan fingerprint density at radius 3 is 2.26 bits per heavy atom. The summed E-state index contributed by atoms with van der Waals surface area (Å²) in [6, 6.07) is 16.2. The Bertz CT molecular complexity index is 1550. The van der Waals surface area contributed by atoms with E-state index in [-0.39, 0.29) is 34.4 Å². The topological polar surface area (TPSA) is 139 Å². The molecule has 0 unspecified atom stereocenters. The maximum absolute atomic E-state index is 14.2. The number of nitrogens with zero attached hydrogens (tertiary/aromatic N) is 3. The van der Waals surface area contributed by atoms with E-state index in [1.807, 2.05) is 25.1 Å². The Morgan fingerprint density at radius 2 is 1.70 bits per heavy atom. The summed E-state index contributed by atoms with van der Waals surface area (Å²) in [5, 5.41) is 14.8. The molecule has 0 radical (unpaired) electrons. The van der Waals surface area contributed by atoms with Gasteiger partial charge >= 0.3 is 0 Å². The lowest BCUT2D eigenvalue weighted by atomic mass is 10.0. The van der Waals surface area contributed by atoms with Gasteiger partial charge in [-0.15, -0.1) is 0 Å². The Morgan fingerprint density at radius 1 is 1.05 bits per heavy atom. The first kappa shape index (κ1) is 33.6. The summed E-state index contributed by atoms with van der Waals surface area (Å²) in [4.78, 5) is 39.8. The van der Waals surface area contributed by atoms with Gasteiger partial charge in [0.2, 0.25) is 21.8 Å². The third-order valence-corrected chi connectivity index (χ3v) is 8.37. The molecule has 1 atom stereocenters. The van der Waals surface area contributed by atoms with Crippen molar-refractivity contribution in [3.8, 4) is 5.75 Å². The molecule has 0 spiro atoms. The molecule has 14 heteroatoms. The average molecular weight is 652 g/mol. The summed E-state index contributed by atoms with van der Waals surface area (Å²) in [7, 11) is -2.93. The van der Waals surface area contributed by atoms with Crippen molar-refractivity contribution in [1.82, 2.24) is 10.2 Å². The van der Waals surface area contributed by atoms with Gasteiger partial charge in [-0.1, -0.05) is 66.5 Å². The molecule has 2 amide bonds. The van der Waals surface area contributed by atoms with Gasteiger partial charge in [0.15, 0.2) is 0 Å². The number of carbonyl (C=O) groups excluding carboxylic acids is 2. The minimum absolute atomic E-state index is 0.00829. The number of carbonyl (C=O) groups is 2. The van der Waals surface area contributed by atoms with E-state index in [1.165, 1.54) is 18.1 Å². The Labute approximate surface area is 260 Å². The number of nitrogens with one attached hydrogen (secondary N) is 1. The Hall–Kier alpha value is -3.87. The number of methoxy groups -OCH3 is 1. The predicted molar refractivity (Wildman–Crippen MR) is 166 cm³/mol. The van der Waals surface area contributed by atoms with E-state index in [9.17, 15) is 28.1 Å². The first-order valence-corrected chi connectivity index (χ1v) is 15.8. The number of rotatable bonds is 14. The van der Waals surface area contributed by atoms with Gasteiger partial charge < -0.3 is 15.0 Å². The summed E-state index contributed by atoms with van der Waals surface area (Å²) < 4.78 is 32.1. The van der Waals surface area contributed by atoms with Crippen LogP contribution in [0.4, 0.5) is 11.4 Å². The lowest BCUT2D eigenvalue weighted by molar-refractivity contribution is -0.384. The molecular weight excluding hydrogens is 619 g/mol. The highest BCUT2D eigenvalue weighted by atomic mass is 35.5. The van der Waals surface area contributed by atoms with Gasteiger partial charge in [0.25, 0.3) is 5.69 Å². The van der Waals surface area contributed by atoms with E-state index >= 15 is 0 Å². The maximum Gasteiger partial charge on any atom is 0.271 e. The van der Waals surface area contributed by atoms with Crippen LogP contribution < -0.4 is 14.4 Å². The number of sulfonamides is 1. The monoisotopic (exact) mass is 650 g/mol. The molecule has 0 aliphatic carbocycles. The van der Waals surface area contributed by atoms with Crippen molar-refractivity contribution < 1.29 is 27.7 Å². The number of ether oxygens (including phenoxy) is 1. The maximum atomic E-state index is 14.2. The number of anilines is 1. The van der Waals surface area contributed by atoms with Crippen LogP contribution in [-0.2, 0) is 32.6 Å². The third-order valence-electron chi connectivity index (χ3n) is 6.53. The highest BCUT2D eigenvalue weighted by Crippen LogP contribution is 2.34. The van der Waals surface area contributed by atoms with Crippen LogP contribution in [-0.4, -0.2) is 62.6 Å². The first-order chi connectivity index (χ1) is 20.4. The van der Waals surface area contributed by atoms with Gasteiger partial charge in [0, 0.05) is 47.3 Å². The lowest BCUT2D eigenvalue weighted by Crippen LogP contribution is -2.53. The molecule has 11 nitrogen and oxygen atoms in total. The number of nitro benzene ring substituents is 1. The molecule has 230 valence electrons. The SMILES string of the molecule is CCCNC(=O)[C@H](Cc1ccccc1)N(Cc1c(Cl)cccc1Cl)C(=O)CN(c1cc([N+](=O)[O-])ccc1OC)S(C)(=O)=O. The molecule has 3 rings (SSSR count). The van der Waals surface area contributed by atoms with Crippen molar-refractivity contribution in [1.29, 1.82) is 0 Å². The molecular formula is C29H32Cl2N4O7S. The fourth-order valence-electron chi connectivity index (χ4n) is 4.36. The zero-order valence-corrected chi connectivity index (χ0v) is 26.2. The summed E-state index contributed by atoms with van der Waals surface area (Å²) in [6.07, 6.45) is 1.61. The predicted octanol–water partition coefficient (Wildman–Crippen LogP) is 4.84. The largest absolute Gasteiger partial charge is 0.495 e. The number of non-ortho nitro benzene ring substituents is 1. The van der Waals surface area contributed by atoms with E-state index in [1.54, 1.807) is 30.3 Å². The number of nitro groups is 1. The van der Waals surface area contributed by atoms with Crippen molar-refractivity contribution in [3.63, 3.8) is 0 Å². The Balaban J connectivity index is 2.16. The zero-order valence-electron chi connectivity index (χ0n) is 23.8. The van der Waals surface area contributed by atoms with Crippen LogP contribution in [0.1, 0.15) is 24.5 Å². The van der Waals surface area contributed by atoms with Gasteiger partial charge in [-0.05, 0) is 30.2 Å². The molecule has 0 saturated carbocycles. The van der Waals surface area contributed by atoms with Gasteiger partial charge in [-0.3, -0.25) is 24.0 Å². The van der Waals surface area contributed by atoms with Crippen LogP contribution in [0.5, 0.6) is 5.75 Å². The Kier molecular flexibility index (Phi) is 11.8. The van der Waals surface area contributed by atoms with E-state index in [2.05, 4.69) is 5.32 Å². The molecule has 0 bridgehead atoms. The highest BCUT2D eigenvalue weighted by Gasteiger charge is 2.34. The minimum Gasteiger partial charge on any atom is -0.495 e. The van der Waals surface area contributed by atoms with Crippen LogP contribution >= 0.6 is 23.2 Å². The van der Waals surface area contributed by atoms with Crippen molar-refractivity contribution in [2.24, 2.45) is 0 Å². The van der Waals surface area contributed by atoms with E-state index in [0.29, 0.717) is 22.8 Å². The molecule has 0 saturated heterocycles. The number of amides is 2. The van der Waals surface area contributed by atoms with Gasteiger partial charge in [0.05, 0.1) is 18.3 Å². The molecule has 0 aliphatic heterocycles. The molecule has 0 heterocycles. The van der Waals surface area contributed by atoms with Crippen molar-refractivity contribution in [2.75, 3.05) is 30.8 Å². The van der Waals surface area contributed by atoms with Crippen molar-refractivity contribution in [2.45, 2.75) is 32.4 Å². The number of hydrogen-bond donors (Lipinski definition) is 1. The zero-order chi connectivity index (χ0) is 31.7. The molecule has 1 N–H and O–H groups in total. The number of benzene rings is 3. The third kappa shape index (κ3) is 8.82. The van der Waals surface area contributed by atoms with Crippen LogP contribution in [0.2, 0.25) is 10.0 Å². The van der Waals surface area contributed by atoms with Crippen LogP contribution in [0.15, 0.2) is 66.7 Å². The second-order valence-electron chi connectivity index (χ2n) is 9.60. The molecule has 3 aromatic rings. The average Bonchev–Trinajstić information content (AvgIpc) is 2.97. The minimum atomic E-state index is -4.20. The smallest absolute Gasteiger partial charge is 0.271 e. The highest BCUT2D eigenvalue weighted by molar-refractivity contribution is 7.92. The second kappa shape index (κ2) is 15.0. The quantitative estimate of drug-likeness (QED) is 0.194. The van der Waals surface area contributed by atoms with Crippen LogP contribution in [0.25, 0.3) is 0 Å². The van der Waals surface area contributed by atoms with Gasteiger partial charge in [-0.2, -0.15) is 0 Å². The van der Waals surface area contributed by atoms with Crippen LogP contribution in [0, 0.1) is 10.1 Å². The molecule has 0 fully saturated rings. The molecule has 3 aromatic carbocycles. The lowest BCUT2D eigenvalue weighted by Gasteiger charge is -2.34. The molecule has 43 heavy (non-hydrogen) atoms. The fourth-order valence-corrected chi connectivity index (χ4v) is 5.72. The van der Waals surface area contributed by atoms with Crippen molar-refractivity contribution >= 4 is 56.4 Å². The van der Waals surface area contributed by atoms with Crippen LogP contribution in [0.3, 0.4) is 0 Å². The molecule has 0 aliphatic rings. The van der Waals surface area contributed by atoms with E-state index < -0.39 is 45.0 Å². The standard InChI is InChI=1S/C29H32Cl2N4O7S/c1-4-15-32-29(37)26(16-20-9-6-5-7-10-20)33(18-22-23(30)11-8-12-24(22)31)28(36)19-34(43(3,40)41)25-17-21(35(38)39)13-14-27(25)42-2/h5-14,17,26H,4,15-16,18-19H2,1-3H3,(H,32,37)/t26-/m0/s1. The normalized spacial score (nSPS) is 11.8. The van der Waals surface area contributed by atoms with Gasteiger partial charge in [0.1, 0.15) is 24.0 Å². The summed E-state index contributed by atoms with van der Waals surface area (Å²) >= 11 is 12.9. The second-order valence-corrected chi connectivity index (χ2v) is 12.3. The fraction of sp³-hybridized carbons (Fsp3) is 0.310. The molecule has 0 aromatic heterocycles. The van der Waals surface area contributed by atoms with E-state index in [0.717, 1.165) is 24.0 Å². The number of halogens is 2. The van der Waals surface area contributed by atoms with E-state index in [4.69, 9.17) is 27.9 Å². The van der Waals surface area contributed by atoms with Crippen molar-refractivity contribution in [3.05, 3.63) is 98.0 Å². The summed E-state index contributed by atoms with van der Waals surface area (Å²) in [5.74, 6) is -1.24. The summed E-state index contributed by atoms with van der Waals surface area (Å²) in [6.45, 7) is 1.21. The summed E-state index contributed by atoms with van der Waals surface area (Å²) in [5.41, 5.74) is 0.498. The van der Waals surface area contributed by atoms with Gasteiger partial charge in [-0.25, -0.2) is 8.42 Å². The number of hydrogen-bond acceptors (Lipinski definition) is 7. The first-order valence-electron chi connectivity index (χ1n) is 13.2.